The summed E-state index contributed by atoms with van der Waals surface area (Å²) in [5.74, 6) is 0. The van der Waals surface area contributed by atoms with Crippen molar-refractivity contribution in [3.63, 3.8) is 0 Å². The summed E-state index contributed by atoms with van der Waals surface area (Å²) in [6, 6.07) is 52.1. The van der Waals surface area contributed by atoms with Gasteiger partial charge in [-0.15, -0.1) is 11.3 Å². The third kappa shape index (κ3) is 2.75. The van der Waals surface area contributed by atoms with Crippen molar-refractivity contribution in [2.45, 2.75) is 0 Å². The molecular formula is C42H23NS. The smallest absolute Gasteiger partial charge is 0.0719 e. The summed E-state index contributed by atoms with van der Waals surface area (Å²) in [6.07, 6.45) is 0. The average molecular weight is 574 g/mol. The van der Waals surface area contributed by atoms with Gasteiger partial charge in [0.2, 0.25) is 0 Å². The van der Waals surface area contributed by atoms with E-state index in [1.54, 1.807) is 0 Å². The van der Waals surface area contributed by atoms with Gasteiger partial charge >= 0.3 is 0 Å². The molecule has 0 saturated carbocycles. The fourth-order valence-electron chi connectivity index (χ4n) is 8.13. The molecular weight excluding hydrogens is 551 g/mol. The second kappa shape index (κ2) is 8.13. The zero-order chi connectivity index (χ0) is 28.5. The van der Waals surface area contributed by atoms with Crippen molar-refractivity contribution in [1.29, 1.82) is 0 Å². The van der Waals surface area contributed by atoms with Gasteiger partial charge in [0.25, 0.3) is 0 Å². The van der Waals surface area contributed by atoms with E-state index in [0.29, 0.717) is 0 Å². The quantitative estimate of drug-likeness (QED) is 0.136. The third-order valence-electron chi connectivity index (χ3n) is 9.89. The maximum Gasteiger partial charge on any atom is 0.0719 e. The highest BCUT2D eigenvalue weighted by molar-refractivity contribution is 7.26. The van der Waals surface area contributed by atoms with Gasteiger partial charge in [0.15, 0.2) is 0 Å². The fraction of sp³-hybridized carbons (Fsp3) is 0. The Hall–Kier alpha value is -5.44. The SMILES string of the molecule is c1ccc2c(c1)sc1c2ccc2c3ccccc3n(-c3cc4c5ccccc5c5cccc6c7ccccc7c(c3)c4c56)c21. The third-order valence-corrected chi connectivity index (χ3v) is 11.1. The molecule has 2 aromatic heterocycles. The predicted octanol–water partition coefficient (Wildman–Crippen LogP) is 12.4. The maximum atomic E-state index is 2.54. The number of thiophene rings is 1. The van der Waals surface area contributed by atoms with Crippen molar-refractivity contribution in [1.82, 2.24) is 4.57 Å². The molecule has 11 aromatic rings. The van der Waals surface area contributed by atoms with Gasteiger partial charge in [-0.2, -0.15) is 0 Å². The minimum atomic E-state index is 1.21. The van der Waals surface area contributed by atoms with Crippen molar-refractivity contribution < 1.29 is 0 Å². The second-order valence-corrected chi connectivity index (χ2v) is 13.1. The van der Waals surface area contributed by atoms with Crippen LogP contribution in [-0.2, 0) is 0 Å². The van der Waals surface area contributed by atoms with Crippen LogP contribution in [0.1, 0.15) is 0 Å². The van der Waals surface area contributed by atoms with Crippen LogP contribution in [0.3, 0.4) is 0 Å². The molecule has 0 fully saturated rings. The standard InChI is InChI=1S/C42H23NS/c1-3-12-27-25(10-1)31-16-9-17-32-26-11-2-4-13-28(26)36-23-24(22-35(27)40(36)39(31)32)43-37-18-7-5-14-29(37)33-20-21-34-30-15-6-8-19-38(30)44-42(34)41(33)43/h1-23H. The van der Waals surface area contributed by atoms with Crippen LogP contribution in [0.15, 0.2) is 140 Å². The summed E-state index contributed by atoms with van der Waals surface area (Å²) in [4.78, 5) is 0. The molecule has 2 heteroatoms. The first-order chi connectivity index (χ1) is 21.8. The second-order valence-electron chi connectivity index (χ2n) is 12.0. The van der Waals surface area contributed by atoms with E-state index < -0.39 is 0 Å². The Balaban J connectivity index is 1.42. The highest BCUT2D eigenvalue weighted by Gasteiger charge is 2.21. The summed E-state index contributed by atoms with van der Waals surface area (Å²) < 4.78 is 5.22. The molecule has 0 N–H and O–H groups in total. The van der Waals surface area contributed by atoms with E-state index in [1.165, 1.54) is 102 Å². The molecule has 0 amide bonds. The largest absolute Gasteiger partial charge is 0.308 e. The minimum absolute atomic E-state index is 1.21. The molecule has 0 aliphatic carbocycles. The predicted molar refractivity (Wildman–Crippen MR) is 192 cm³/mol. The van der Waals surface area contributed by atoms with Crippen molar-refractivity contribution in [3.8, 4) is 5.69 Å². The molecule has 11 rings (SSSR count). The van der Waals surface area contributed by atoms with E-state index in [9.17, 15) is 0 Å². The Bertz CT molecular complexity index is 2890. The Morgan fingerprint density at radius 2 is 0.864 bits per heavy atom. The molecule has 0 aliphatic heterocycles. The topological polar surface area (TPSA) is 4.93 Å². The number of aromatic nitrogens is 1. The molecule has 0 saturated heterocycles. The first-order valence-corrected chi connectivity index (χ1v) is 16.0. The Morgan fingerprint density at radius 3 is 1.55 bits per heavy atom. The molecule has 44 heavy (non-hydrogen) atoms. The van der Waals surface area contributed by atoms with Crippen molar-refractivity contribution in [2.24, 2.45) is 0 Å². The van der Waals surface area contributed by atoms with Crippen molar-refractivity contribution in [2.75, 3.05) is 0 Å². The zero-order valence-corrected chi connectivity index (χ0v) is 24.5. The summed E-state index contributed by atoms with van der Waals surface area (Å²) in [6.45, 7) is 0. The highest BCUT2D eigenvalue weighted by atomic mass is 32.1. The van der Waals surface area contributed by atoms with Crippen LogP contribution in [0.4, 0.5) is 0 Å². The lowest BCUT2D eigenvalue weighted by Gasteiger charge is -2.19. The van der Waals surface area contributed by atoms with E-state index in [2.05, 4.69) is 144 Å². The fourth-order valence-corrected chi connectivity index (χ4v) is 9.37. The van der Waals surface area contributed by atoms with Gasteiger partial charge in [0.05, 0.1) is 15.7 Å². The molecule has 0 aliphatic rings. The van der Waals surface area contributed by atoms with Crippen LogP contribution in [0.5, 0.6) is 0 Å². The molecule has 0 unspecified atom stereocenters. The molecule has 2 heterocycles. The van der Waals surface area contributed by atoms with E-state index in [0.717, 1.165) is 0 Å². The van der Waals surface area contributed by atoms with Gasteiger partial charge in [-0.1, -0.05) is 115 Å². The van der Waals surface area contributed by atoms with Gasteiger partial charge in [-0.05, 0) is 78.1 Å². The highest BCUT2D eigenvalue weighted by Crippen LogP contribution is 2.47. The van der Waals surface area contributed by atoms with Crippen molar-refractivity contribution >= 4 is 107 Å². The van der Waals surface area contributed by atoms with E-state index in [-0.39, 0.29) is 0 Å². The number of hydrogen-bond donors (Lipinski definition) is 0. The molecule has 202 valence electrons. The van der Waals surface area contributed by atoms with E-state index in [1.807, 2.05) is 11.3 Å². The van der Waals surface area contributed by atoms with Crippen LogP contribution >= 0.6 is 11.3 Å². The molecule has 1 nitrogen and oxygen atoms in total. The Labute approximate surface area is 256 Å². The van der Waals surface area contributed by atoms with Gasteiger partial charge in [-0.3, -0.25) is 0 Å². The molecule has 0 atom stereocenters. The number of nitrogens with zero attached hydrogens (tertiary/aromatic N) is 1. The average Bonchev–Trinajstić information content (AvgIpc) is 3.64. The normalized spacial score (nSPS) is 12.5. The molecule has 0 spiro atoms. The minimum Gasteiger partial charge on any atom is -0.308 e. The van der Waals surface area contributed by atoms with Crippen LogP contribution in [-0.4, -0.2) is 4.57 Å². The lowest BCUT2D eigenvalue weighted by Crippen LogP contribution is -1.96. The number of hydrogen-bond acceptors (Lipinski definition) is 1. The van der Waals surface area contributed by atoms with Crippen LogP contribution < -0.4 is 0 Å². The summed E-state index contributed by atoms with van der Waals surface area (Å²) in [5, 5.41) is 18.5. The van der Waals surface area contributed by atoms with Crippen LogP contribution in [0, 0.1) is 0 Å². The van der Waals surface area contributed by atoms with Gasteiger partial charge < -0.3 is 4.57 Å². The Morgan fingerprint density at radius 1 is 0.364 bits per heavy atom. The first kappa shape index (κ1) is 23.1. The number of rotatable bonds is 1. The molecule has 9 aromatic carbocycles. The molecule has 0 bridgehead atoms. The van der Waals surface area contributed by atoms with Crippen molar-refractivity contribution in [3.05, 3.63) is 140 Å². The summed E-state index contributed by atoms with van der Waals surface area (Å²) in [7, 11) is 0. The Kier molecular flexibility index (Phi) is 4.26. The number of para-hydroxylation sites is 1. The van der Waals surface area contributed by atoms with Crippen LogP contribution in [0.2, 0.25) is 0 Å². The number of fused-ring (bicyclic) bond motifs is 13. The summed E-state index contributed by atoms with van der Waals surface area (Å²) >= 11 is 1.91. The summed E-state index contributed by atoms with van der Waals surface area (Å²) in [5.41, 5.74) is 3.75. The molecule has 0 radical (unpaired) electrons. The first-order valence-electron chi connectivity index (χ1n) is 15.2. The van der Waals surface area contributed by atoms with E-state index >= 15 is 0 Å². The maximum absolute atomic E-state index is 2.54. The van der Waals surface area contributed by atoms with Gasteiger partial charge in [0.1, 0.15) is 0 Å². The van der Waals surface area contributed by atoms with Gasteiger partial charge in [0, 0.05) is 31.9 Å². The van der Waals surface area contributed by atoms with Crippen LogP contribution in [0.25, 0.3) is 102 Å². The number of benzene rings is 9. The van der Waals surface area contributed by atoms with Gasteiger partial charge in [-0.25, -0.2) is 0 Å². The zero-order valence-electron chi connectivity index (χ0n) is 23.6. The monoisotopic (exact) mass is 573 g/mol. The van der Waals surface area contributed by atoms with E-state index in [4.69, 9.17) is 0 Å². The lowest BCUT2D eigenvalue weighted by atomic mass is 9.86. The lowest BCUT2D eigenvalue weighted by molar-refractivity contribution is 1.20.